The largest absolute Gasteiger partial charge is 0.345 e. The first kappa shape index (κ1) is 18.6. The summed E-state index contributed by atoms with van der Waals surface area (Å²) in [6, 6.07) is 13.4. The molecule has 0 radical (unpaired) electrons. The van der Waals surface area contributed by atoms with Gasteiger partial charge in [0.05, 0.1) is 29.0 Å². The van der Waals surface area contributed by atoms with E-state index in [1.165, 1.54) is 18.2 Å². The van der Waals surface area contributed by atoms with Crippen molar-refractivity contribution in [2.24, 2.45) is 7.05 Å². The quantitative estimate of drug-likeness (QED) is 0.631. The Morgan fingerprint density at radius 2 is 2.00 bits per heavy atom. The number of terminal acetylenes is 1. The van der Waals surface area contributed by atoms with E-state index in [0.29, 0.717) is 5.82 Å². The van der Waals surface area contributed by atoms with Gasteiger partial charge >= 0.3 is 0 Å². The van der Waals surface area contributed by atoms with Crippen LogP contribution in [0.1, 0.15) is 16.2 Å². The van der Waals surface area contributed by atoms with Gasteiger partial charge in [-0.25, -0.2) is 13.4 Å². The predicted octanol–water partition coefficient (Wildman–Crippen LogP) is 1.41. The minimum Gasteiger partial charge on any atom is -0.345 e. The van der Waals surface area contributed by atoms with Crippen LogP contribution >= 0.6 is 0 Å². The summed E-state index contributed by atoms with van der Waals surface area (Å²) in [6.45, 7) is 0.0990. The third-order valence-electron chi connectivity index (χ3n) is 4.06. The molecule has 138 valence electrons. The first-order valence-electron chi connectivity index (χ1n) is 8.14. The van der Waals surface area contributed by atoms with Gasteiger partial charge in [-0.3, -0.25) is 4.79 Å². The van der Waals surface area contributed by atoms with Gasteiger partial charge in [-0.15, -0.1) is 6.42 Å². The van der Waals surface area contributed by atoms with Gasteiger partial charge in [0, 0.05) is 12.6 Å². The molecule has 2 aromatic carbocycles. The molecule has 0 aliphatic heterocycles. The number of aromatic nitrogens is 2. The zero-order valence-electron chi connectivity index (χ0n) is 14.6. The lowest BCUT2D eigenvalue weighted by molar-refractivity contribution is 0.0949. The summed E-state index contributed by atoms with van der Waals surface area (Å²) in [5.74, 6) is 2.51. The van der Waals surface area contributed by atoms with Crippen molar-refractivity contribution in [2.75, 3.05) is 6.54 Å². The van der Waals surface area contributed by atoms with E-state index in [2.05, 4.69) is 20.9 Å². The van der Waals surface area contributed by atoms with Gasteiger partial charge in [0.1, 0.15) is 5.82 Å². The highest BCUT2D eigenvalue weighted by molar-refractivity contribution is 7.89. The molecule has 0 atom stereocenters. The van der Waals surface area contributed by atoms with E-state index < -0.39 is 15.9 Å². The number of nitrogens with zero attached hydrogens (tertiary/aromatic N) is 2. The van der Waals surface area contributed by atoms with Crippen LogP contribution in [0.25, 0.3) is 11.0 Å². The number of carbonyl (C=O) groups excluding carboxylic acids is 1. The van der Waals surface area contributed by atoms with E-state index in [4.69, 9.17) is 6.42 Å². The van der Waals surface area contributed by atoms with Gasteiger partial charge in [-0.2, -0.15) is 4.72 Å². The Labute approximate surface area is 157 Å². The molecule has 0 saturated carbocycles. The summed E-state index contributed by atoms with van der Waals surface area (Å²) in [5, 5.41) is 2.77. The van der Waals surface area contributed by atoms with Crippen LogP contribution in [0.3, 0.4) is 0 Å². The highest BCUT2D eigenvalue weighted by atomic mass is 32.2. The number of benzene rings is 2. The van der Waals surface area contributed by atoms with E-state index in [9.17, 15) is 13.2 Å². The Morgan fingerprint density at radius 1 is 1.22 bits per heavy atom. The zero-order valence-corrected chi connectivity index (χ0v) is 15.5. The molecule has 1 aromatic heterocycles. The first-order valence-corrected chi connectivity index (χ1v) is 9.62. The second-order valence-corrected chi connectivity index (χ2v) is 7.58. The molecule has 8 heteroatoms. The van der Waals surface area contributed by atoms with Gasteiger partial charge in [0.25, 0.3) is 5.91 Å². The van der Waals surface area contributed by atoms with Crippen molar-refractivity contribution in [3.05, 3.63) is 59.9 Å². The number of amides is 1. The number of fused-ring (bicyclic) bond motifs is 1. The maximum Gasteiger partial charge on any atom is 0.251 e. The standard InChI is InChI=1S/C19H18N4O3S/c1-3-11-21-27(25,26)15-8-6-7-14(12-15)19(24)20-13-18-22-16-9-4-5-10-17(16)23(18)2/h1,4-10,12,21H,11,13H2,2H3,(H,20,24). The van der Waals surface area contributed by atoms with E-state index in [0.717, 1.165) is 11.0 Å². The van der Waals surface area contributed by atoms with Crippen molar-refractivity contribution in [1.29, 1.82) is 0 Å². The molecule has 0 bridgehead atoms. The lowest BCUT2D eigenvalue weighted by atomic mass is 10.2. The molecular weight excluding hydrogens is 364 g/mol. The molecule has 1 heterocycles. The van der Waals surface area contributed by atoms with Gasteiger partial charge < -0.3 is 9.88 Å². The molecular formula is C19H18N4O3S. The molecule has 0 fully saturated rings. The SMILES string of the molecule is C#CCNS(=O)(=O)c1cccc(C(=O)NCc2nc3ccccc3n2C)c1. The highest BCUT2D eigenvalue weighted by Gasteiger charge is 2.16. The Kier molecular flexibility index (Phi) is 5.26. The smallest absolute Gasteiger partial charge is 0.251 e. The molecule has 3 aromatic rings. The molecule has 0 saturated heterocycles. The number of rotatable bonds is 6. The van der Waals surface area contributed by atoms with Crippen molar-refractivity contribution in [3.8, 4) is 12.3 Å². The molecule has 0 spiro atoms. The fourth-order valence-corrected chi connectivity index (χ4v) is 3.62. The van der Waals surface area contributed by atoms with Crippen LogP contribution in [0.2, 0.25) is 0 Å². The maximum atomic E-state index is 12.4. The molecule has 3 rings (SSSR count). The van der Waals surface area contributed by atoms with Crippen LogP contribution in [0, 0.1) is 12.3 Å². The van der Waals surface area contributed by atoms with Gasteiger partial charge in [-0.1, -0.05) is 24.1 Å². The summed E-state index contributed by atoms with van der Waals surface area (Å²) in [5.41, 5.74) is 2.05. The van der Waals surface area contributed by atoms with Crippen LogP contribution in [0.15, 0.2) is 53.4 Å². The maximum absolute atomic E-state index is 12.4. The number of imidazole rings is 1. The summed E-state index contributed by atoms with van der Waals surface area (Å²) >= 11 is 0. The van der Waals surface area contributed by atoms with E-state index >= 15 is 0 Å². The minimum absolute atomic E-state index is 0.0202. The summed E-state index contributed by atoms with van der Waals surface area (Å²) < 4.78 is 28.4. The van der Waals surface area contributed by atoms with Crippen LogP contribution < -0.4 is 10.0 Å². The van der Waals surface area contributed by atoms with Crippen LogP contribution in [-0.4, -0.2) is 30.4 Å². The topological polar surface area (TPSA) is 93.1 Å². The number of aryl methyl sites for hydroxylation is 1. The number of carbonyl (C=O) groups is 1. The minimum atomic E-state index is -3.76. The average molecular weight is 382 g/mol. The number of sulfonamides is 1. The normalized spacial score (nSPS) is 11.3. The number of nitrogens with one attached hydrogen (secondary N) is 2. The Bertz CT molecular complexity index is 1140. The molecule has 0 aliphatic carbocycles. The molecule has 7 nitrogen and oxygen atoms in total. The molecule has 0 unspecified atom stereocenters. The van der Waals surface area contributed by atoms with Crippen molar-refractivity contribution >= 4 is 27.0 Å². The second-order valence-electron chi connectivity index (χ2n) is 5.81. The van der Waals surface area contributed by atoms with E-state index in [1.54, 1.807) is 6.07 Å². The fourth-order valence-electron chi connectivity index (χ4n) is 2.64. The second kappa shape index (κ2) is 7.61. The molecule has 2 N–H and O–H groups in total. The Morgan fingerprint density at radius 3 is 2.74 bits per heavy atom. The van der Waals surface area contributed by atoms with Crippen LogP contribution in [0.4, 0.5) is 0 Å². The van der Waals surface area contributed by atoms with Gasteiger partial charge in [-0.05, 0) is 30.3 Å². The molecule has 0 aliphatic rings. The number of hydrogen-bond acceptors (Lipinski definition) is 4. The Hall–Kier alpha value is -3.15. The number of hydrogen-bond donors (Lipinski definition) is 2. The van der Waals surface area contributed by atoms with Crippen LogP contribution in [-0.2, 0) is 23.6 Å². The van der Waals surface area contributed by atoms with Crippen LogP contribution in [0.5, 0.6) is 0 Å². The monoisotopic (exact) mass is 382 g/mol. The van der Waals surface area contributed by atoms with Crippen molar-refractivity contribution in [3.63, 3.8) is 0 Å². The number of para-hydroxylation sites is 2. The summed E-state index contributed by atoms with van der Waals surface area (Å²) in [6.07, 6.45) is 5.08. The van der Waals surface area contributed by atoms with E-state index in [1.807, 2.05) is 35.9 Å². The van der Waals surface area contributed by atoms with Crippen molar-refractivity contribution < 1.29 is 13.2 Å². The highest BCUT2D eigenvalue weighted by Crippen LogP contribution is 2.15. The lowest BCUT2D eigenvalue weighted by Gasteiger charge is -2.08. The zero-order chi connectivity index (χ0) is 19.4. The van der Waals surface area contributed by atoms with Gasteiger partial charge in [0.15, 0.2) is 0 Å². The summed E-state index contributed by atoms with van der Waals surface area (Å²) in [4.78, 5) is 16.9. The third-order valence-corrected chi connectivity index (χ3v) is 5.46. The molecule has 1 amide bonds. The average Bonchev–Trinajstić information content (AvgIpc) is 3.00. The lowest BCUT2D eigenvalue weighted by Crippen LogP contribution is -2.26. The predicted molar refractivity (Wildman–Crippen MR) is 102 cm³/mol. The van der Waals surface area contributed by atoms with Crippen molar-refractivity contribution in [1.82, 2.24) is 19.6 Å². The van der Waals surface area contributed by atoms with Crippen molar-refractivity contribution in [2.45, 2.75) is 11.4 Å². The van der Waals surface area contributed by atoms with Gasteiger partial charge in [0.2, 0.25) is 10.0 Å². The Balaban J connectivity index is 1.75. The summed E-state index contributed by atoms with van der Waals surface area (Å²) in [7, 11) is -1.88. The third kappa shape index (κ3) is 4.00. The first-order chi connectivity index (χ1) is 12.9. The molecule has 27 heavy (non-hydrogen) atoms. The fraction of sp³-hybridized carbons (Fsp3) is 0.158. The van der Waals surface area contributed by atoms with E-state index in [-0.39, 0.29) is 23.5 Å².